The van der Waals surface area contributed by atoms with Crippen LogP contribution in [0.5, 0.6) is 0 Å². The van der Waals surface area contributed by atoms with Crippen LogP contribution >= 0.6 is 0 Å². The number of piperidine rings is 1. The Morgan fingerprint density at radius 1 is 1.24 bits per heavy atom. The van der Waals surface area contributed by atoms with Crippen molar-refractivity contribution < 1.29 is 9.59 Å². The third-order valence-electron chi connectivity index (χ3n) is 5.57. The van der Waals surface area contributed by atoms with Crippen molar-refractivity contribution in [3.63, 3.8) is 0 Å². The Bertz CT molecular complexity index is 651. The van der Waals surface area contributed by atoms with Gasteiger partial charge in [-0.3, -0.25) is 9.69 Å². The number of anilines is 2. The molecule has 0 aliphatic carbocycles. The molecule has 2 unspecified atom stereocenters. The first-order valence-corrected chi connectivity index (χ1v) is 9.39. The number of hydrogen-bond acceptors (Lipinski definition) is 3. The van der Waals surface area contributed by atoms with Crippen LogP contribution in [-0.2, 0) is 4.79 Å². The van der Waals surface area contributed by atoms with Gasteiger partial charge in [0.2, 0.25) is 5.91 Å². The van der Waals surface area contributed by atoms with Crippen LogP contribution in [0.15, 0.2) is 24.3 Å². The summed E-state index contributed by atoms with van der Waals surface area (Å²) in [4.78, 5) is 26.1. The Kier molecular flexibility index (Phi) is 4.61. The van der Waals surface area contributed by atoms with Crippen molar-refractivity contribution in [2.45, 2.75) is 50.6 Å². The summed E-state index contributed by atoms with van der Waals surface area (Å²) >= 11 is 0. The highest BCUT2D eigenvalue weighted by Gasteiger charge is 2.34. The largest absolute Gasteiger partial charge is 0.338 e. The van der Waals surface area contributed by atoms with E-state index in [1.807, 2.05) is 24.3 Å². The van der Waals surface area contributed by atoms with Crippen LogP contribution in [-0.4, -0.2) is 37.1 Å². The fourth-order valence-corrected chi connectivity index (χ4v) is 4.44. The first-order chi connectivity index (χ1) is 12.2. The summed E-state index contributed by atoms with van der Waals surface area (Å²) in [6.45, 7) is 1.44. The van der Waals surface area contributed by atoms with E-state index in [4.69, 9.17) is 0 Å². The van der Waals surface area contributed by atoms with Crippen molar-refractivity contribution in [1.82, 2.24) is 10.6 Å². The van der Waals surface area contributed by atoms with E-state index in [-0.39, 0.29) is 11.9 Å². The van der Waals surface area contributed by atoms with Crippen LogP contribution in [0.4, 0.5) is 16.2 Å². The molecule has 3 aliphatic heterocycles. The second-order valence-electron chi connectivity index (χ2n) is 7.52. The lowest BCUT2D eigenvalue weighted by atomic mass is 9.89. The highest BCUT2D eigenvalue weighted by molar-refractivity contribution is 5.95. The zero-order valence-corrected chi connectivity index (χ0v) is 14.5. The number of fused-ring (bicyclic) bond motifs is 2. The molecule has 3 amide bonds. The first-order valence-electron chi connectivity index (χ1n) is 9.39. The molecule has 0 aromatic heterocycles. The lowest BCUT2D eigenvalue weighted by Crippen LogP contribution is -2.46. The molecule has 134 valence electrons. The van der Waals surface area contributed by atoms with Gasteiger partial charge in [0.25, 0.3) is 0 Å². The molecule has 1 aromatic carbocycles. The number of urea groups is 1. The summed E-state index contributed by atoms with van der Waals surface area (Å²) in [5, 5.41) is 9.48. The molecule has 3 aliphatic rings. The summed E-state index contributed by atoms with van der Waals surface area (Å²) in [6.07, 6.45) is 6.24. The van der Waals surface area contributed by atoms with Crippen LogP contribution in [0.2, 0.25) is 0 Å². The van der Waals surface area contributed by atoms with Crippen molar-refractivity contribution in [2.75, 3.05) is 23.3 Å². The molecular formula is C19H26N4O2. The second kappa shape index (κ2) is 7.04. The minimum absolute atomic E-state index is 0.0695. The van der Waals surface area contributed by atoms with Gasteiger partial charge in [0.05, 0.1) is 0 Å². The van der Waals surface area contributed by atoms with Gasteiger partial charge >= 0.3 is 6.03 Å². The number of nitrogens with one attached hydrogen (secondary N) is 3. The summed E-state index contributed by atoms with van der Waals surface area (Å²) in [6, 6.07) is 8.71. The van der Waals surface area contributed by atoms with Gasteiger partial charge < -0.3 is 16.0 Å². The van der Waals surface area contributed by atoms with E-state index >= 15 is 0 Å². The zero-order valence-electron chi connectivity index (χ0n) is 14.5. The molecule has 0 radical (unpaired) electrons. The summed E-state index contributed by atoms with van der Waals surface area (Å²) in [7, 11) is 0. The predicted molar refractivity (Wildman–Crippen MR) is 97.7 cm³/mol. The highest BCUT2D eigenvalue weighted by Crippen LogP contribution is 2.33. The van der Waals surface area contributed by atoms with Crippen molar-refractivity contribution in [1.29, 1.82) is 0 Å². The van der Waals surface area contributed by atoms with Gasteiger partial charge in [0.15, 0.2) is 0 Å². The maximum Gasteiger partial charge on any atom is 0.321 e. The van der Waals surface area contributed by atoms with Crippen molar-refractivity contribution in [2.24, 2.45) is 5.92 Å². The fraction of sp³-hybridized carbons (Fsp3) is 0.579. The highest BCUT2D eigenvalue weighted by atomic mass is 16.2. The third kappa shape index (κ3) is 3.79. The Morgan fingerprint density at radius 2 is 2.04 bits per heavy atom. The maximum atomic E-state index is 12.4. The Balaban J connectivity index is 1.36. The molecule has 3 fully saturated rings. The molecule has 25 heavy (non-hydrogen) atoms. The maximum absolute atomic E-state index is 12.4. The van der Waals surface area contributed by atoms with E-state index < -0.39 is 0 Å². The molecule has 0 spiro atoms. The van der Waals surface area contributed by atoms with E-state index in [1.165, 1.54) is 12.8 Å². The van der Waals surface area contributed by atoms with Gasteiger partial charge in [-0.25, -0.2) is 4.79 Å². The van der Waals surface area contributed by atoms with Crippen LogP contribution in [0, 0.1) is 5.92 Å². The van der Waals surface area contributed by atoms with E-state index in [1.54, 1.807) is 4.90 Å². The fourth-order valence-electron chi connectivity index (χ4n) is 4.44. The number of nitrogens with zero attached hydrogens (tertiary/aromatic N) is 1. The van der Waals surface area contributed by atoms with E-state index in [0.29, 0.717) is 31.0 Å². The first kappa shape index (κ1) is 16.4. The van der Waals surface area contributed by atoms with Gasteiger partial charge in [-0.05, 0) is 56.2 Å². The Morgan fingerprint density at radius 3 is 2.80 bits per heavy atom. The minimum atomic E-state index is -0.0695. The molecule has 3 N–H and O–H groups in total. The molecule has 0 saturated carbocycles. The van der Waals surface area contributed by atoms with Crippen LogP contribution in [0.1, 0.15) is 38.5 Å². The summed E-state index contributed by atoms with van der Waals surface area (Å²) in [5.41, 5.74) is 1.59. The van der Waals surface area contributed by atoms with Crippen molar-refractivity contribution in [3.05, 3.63) is 24.3 Å². The monoisotopic (exact) mass is 342 g/mol. The number of carbonyl (C=O) groups excluding carboxylic acids is 2. The average molecular weight is 342 g/mol. The van der Waals surface area contributed by atoms with E-state index in [2.05, 4.69) is 16.0 Å². The van der Waals surface area contributed by atoms with Gasteiger partial charge in [0.1, 0.15) is 0 Å². The van der Waals surface area contributed by atoms with Gasteiger partial charge in [0, 0.05) is 43.0 Å². The normalized spacial score (nSPS) is 28.6. The van der Waals surface area contributed by atoms with Crippen molar-refractivity contribution >= 4 is 23.3 Å². The Labute approximate surface area is 148 Å². The number of hydrogen-bond donors (Lipinski definition) is 3. The smallest absolute Gasteiger partial charge is 0.321 e. The van der Waals surface area contributed by atoms with E-state index in [0.717, 1.165) is 37.2 Å². The quantitative estimate of drug-likeness (QED) is 0.787. The third-order valence-corrected chi connectivity index (χ3v) is 5.57. The van der Waals surface area contributed by atoms with Crippen LogP contribution < -0.4 is 20.9 Å². The average Bonchev–Trinajstić information content (AvgIpc) is 2.94. The summed E-state index contributed by atoms with van der Waals surface area (Å²) in [5.74, 6) is 0.557. The van der Waals surface area contributed by atoms with Crippen molar-refractivity contribution in [3.8, 4) is 0 Å². The topological polar surface area (TPSA) is 73.5 Å². The van der Waals surface area contributed by atoms with E-state index in [9.17, 15) is 9.59 Å². The molecule has 4 rings (SSSR count). The standard InChI is InChI=1S/C19H26N4O2/c24-18(11-13-9-15-5-6-16(10-13)21-15)22-14-3-1-4-17(12-14)23-8-2-7-20-19(23)25/h1,3-4,12-13,15-16,21H,2,5-11H2,(H,20,25)(H,22,24). The zero-order chi connectivity index (χ0) is 17.2. The molecule has 6 nitrogen and oxygen atoms in total. The number of carbonyl (C=O) groups is 2. The summed E-state index contributed by atoms with van der Waals surface area (Å²) < 4.78 is 0. The van der Waals surface area contributed by atoms with Gasteiger partial charge in [-0.1, -0.05) is 6.07 Å². The molecule has 3 heterocycles. The number of amides is 3. The minimum Gasteiger partial charge on any atom is -0.338 e. The second-order valence-corrected chi connectivity index (χ2v) is 7.52. The molecule has 1 aromatic rings. The lowest BCUT2D eigenvalue weighted by Gasteiger charge is -2.29. The molecule has 2 atom stereocenters. The molecule has 2 bridgehead atoms. The SMILES string of the molecule is O=C(CC1CC2CCC(C1)N2)Nc1cccc(N2CCCNC2=O)c1. The lowest BCUT2D eigenvalue weighted by molar-refractivity contribution is -0.117. The molecule has 3 saturated heterocycles. The predicted octanol–water partition coefficient (Wildman–Crippen LogP) is 2.47. The Hall–Kier alpha value is -2.08. The van der Waals surface area contributed by atoms with Crippen LogP contribution in [0.3, 0.4) is 0 Å². The molecule has 6 heteroatoms. The van der Waals surface area contributed by atoms with Crippen LogP contribution in [0.25, 0.3) is 0 Å². The number of rotatable bonds is 4. The number of benzene rings is 1. The molecular weight excluding hydrogens is 316 g/mol. The van der Waals surface area contributed by atoms with Gasteiger partial charge in [-0.15, -0.1) is 0 Å². The van der Waals surface area contributed by atoms with Gasteiger partial charge in [-0.2, -0.15) is 0 Å².